The van der Waals surface area contributed by atoms with E-state index in [9.17, 15) is 4.79 Å². The molecule has 0 spiro atoms. The van der Waals surface area contributed by atoms with Crippen molar-refractivity contribution in [1.82, 2.24) is 25.2 Å². The van der Waals surface area contributed by atoms with Crippen LogP contribution in [0, 0.1) is 5.92 Å². The first-order valence-corrected chi connectivity index (χ1v) is 7.61. The fourth-order valence-corrected chi connectivity index (χ4v) is 3.20. The van der Waals surface area contributed by atoms with Gasteiger partial charge in [0.1, 0.15) is 5.69 Å². The lowest BCUT2D eigenvalue weighted by Gasteiger charge is -2.26. The van der Waals surface area contributed by atoms with Gasteiger partial charge in [0, 0.05) is 18.9 Å². The van der Waals surface area contributed by atoms with Gasteiger partial charge >= 0.3 is 0 Å². The molecule has 0 radical (unpaired) electrons. The number of nitrogens with zero attached hydrogens (tertiary/aromatic N) is 5. The van der Waals surface area contributed by atoms with Crippen molar-refractivity contribution in [2.75, 3.05) is 18.1 Å². The number of aryl methyl sites for hydroxylation is 1. The summed E-state index contributed by atoms with van der Waals surface area (Å²) in [4.78, 5) is 14.5. The molecule has 2 aliphatic rings. The average molecular weight is 302 g/mol. The van der Waals surface area contributed by atoms with Crippen molar-refractivity contribution >= 4 is 11.7 Å². The fourth-order valence-electron chi connectivity index (χ4n) is 3.20. The van der Waals surface area contributed by atoms with Crippen LogP contribution in [-0.4, -0.2) is 50.4 Å². The Morgan fingerprint density at radius 1 is 1.45 bits per heavy atom. The van der Waals surface area contributed by atoms with Crippen molar-refractivity contribution in [2.45, 2.75) is 31.9 Å². The highest BCUT2D eigenvalue weighted by molar-refractivity contribution is 5.95. The van der Waals surface area contributed by atoms with Crippen LogP contribution >= 0.6 is 0 Å². The van der Waals surface area contributed by atoms with Gasteiger partial charge in [-0.15, -0.1) is 5.10 Å². The van der Waals surface area contributed by atoms with Crippen molar-refractivity contribution in [3.05, 3.63) is 24.2 Å². The largest absolute Gasteiger partial charge is 0.375 e. The molecule has 1 saturated heterocycles. The summed E-state index contributed by atoms with van der Waals surface area (Å²) in [5.41, 5.74) is 0.881. The molecule has 8 nitrogen and oxygen atoms in total. The molecule has 0 aromatic carbocycles. The second-order valence-electron chi connectivity index (χ2n) is 5.80. The first kappa shape index (κ1) is 13.4. The number of aromatic nitrogens is 5. The van der Waals surface area contributed by atoms with Gasteiger partial charge in [0.15, 0.2) is 5.82 Å². The van der Waals surface area contributed by atoms with Gasteiger partial charge in [0.05, 0.1) is 25.2 Å². The summed E-state index contributed by atoms with van der Waals surface area (Å²) >= 11 is 0. The Balaban J connectivity index is 1.42. The molecule has 2 aromatic rings. The van der Waals surface area contributed by atoms with Crippen LogP contribution in [0.3, 0.4) is 0 Å². The van der Waals surface area contributed by atoms with Crippen molar-refractivity contribution in [2.24, 2.45) is 5.92 Å². The van der Waals surface area contributed by atoms with E-state index < -0.39 is 0 Å². The van der Waals surface area contributed by atoms with Crippen molar-refractivity contribution in [1.29, 1.82) is 0 Å². The maximum atomic E-state index is 12.8. The number of carbonyl (C=O) groups excluding carboxylic acids is 1. The summed E-state index contributed by atoms with van der Waals surface area (Å²) in [7, 11) is 0. The highest BCUT2D eigenvalue weighted by Gasteiger charge is 2.36. The molecule has 2 aromatic heterocycles. The van der Waals surface area contributed by atoms with Crippen LogP contribution in [0.25, 0.3) is 0 Å². The van der Waals surface area contributed by atoms with Gasteiger partial charge in [0.2, 0.25) is 5.91 Å². The molecule has 0 bridgehead atoms. The third-order valence-corrected chi connectivity index (χ3v) is 4.30. The zero-order valence-corrected chi connectivity index (χ0v) is 12.2. The number of carbonyl (C=O) groups is 1. The number of H-pyrrole nitrogens is 1. The van der Waals surface area contributed by atoms with Crippen molar-refractivity contribution < 1.29 is 9.53 Å². The molecular weight excluding hydrogens is 284 g/mol. The molecule has 2 aliphatic heterocycles. The molecule has 2 unspecified atom stereocenters. The lowest BCUT2D eigenvalue weighted by Crippen LogP contribution is -2.40. The Kier molecular flexibility index (Phi) is 3.38. The Morgan fingerprint density at radius 2 is 2.41 bits per heavy atom. The van der Waals surface area contributed by atoms with Gasteiger partial charge in [-0.2, -0.15) is 15.4 Å². The molecule has 116 valence electrons. The van der Waals surface area contributed by atoms with E-state index in [1.54, 1.807) is 11.1 Å². The third kappa shape index (κ3) is 2.39. The SMILES string of the molecule is O=C(C1COC(Cn2cccn2)C1)N1CCCc2n[nH]nc21. The van der Waals surface area contributed by atoms with E-state index >= 15 is 0 Å². The highest BCUT2D eigenvalue weighted by Crippen LogP contribution is 2.28. The maximum Gasteiger partial charge on any atom is 0.233 e. The number of fused-ring (bicyclic) bond motifs is 1. The number of ether oxygens (including phenoxy) is 1. The number of hydrogen-bond acceptors (Lipinski definition) is 5. The molecule has 1 fully saturated rings. The van der Waals surface area contributed by atoms with E-state index in [1.807, 2.05) is 16.9 Å². The van der Waals surface area contributed by atoms with E-state index in [2.05, 4.69) is 20.5 Å². The van der Waals surface area contributed by atoms with Crippen LogP contribution in [-0.2, 0) is 22.5 Å². The Bertz CT molecular complexity index is 652. The van der Waals surface area contributed by atoms with Crippen LogP contribution in [0.4, 0.5) is 5.82 Å². The van der Waals surface area contributed by atoms with E-state index in [-0.39, 0.29) is 17.9 Å². The minimum absolute atomic E-state index is 0.0374. The maximum absolute atomic E-state index is 12.8. The van der Waals surface area contributed by atoms with Gasteiger partial charge in [0.25, 0.3) is 0 Å². The van der Waals surface area contributed by atoms with E-state index in [4.69, 9.17) is 4.74 Å². The first-order chi connectivity index (χ1) is 10.8. The van der Waals surface area contributed by atoms with Gasteiger partial charge in [-0.25, -0.2) is 0 Å². The topological polar surface area (TPSA) is 88.9 Å². The molecule has 22 heavy (non-hydrogen) atoms. The predicted octanol–water partition coefficient (Wildman–Crippen LogP) is 0.386. The summed E-state index contributed by atoms with van der Waals surface area (Å²) < 4.78 is 7.61. The monoisotopic (exact) mass is 302 g/mol. The molecule has 1 N–H and O–H groups in total. The Morgan fingerprint density at radius 3 is 3.27 bits per heavy atom. The molecule has 1 amide bonds. The molecular formula is C14H18N6O2. The molecule has 2 atom stereocenters. The van der Waals surface area contributed by atoms with Gasteiger partial charge in [-0.05, 0) is 25.3 Å². The highest BCUT2D eigenvalue weighted by atomic mass is 16.5. The summed E-state index contributed by atoms with van der Waals surface area (Å²) in [6.45, 7) is 1.86. The minimum atomic E-state index is -0.108. The number of nitrogens with one attached hydrogen (secondary N) is 1. The smallest absolute Gasteiger partial charge is 0.233 e. The number of anilines is 1. The number of aromatic amines is 1. The van der Waals surface area contributed by atoms with E-state index in [0.29, 0.717) is 25.5 Å². The normalized spacial score (nSPS) is 24.5. The quantitative estimate of drug-likeness (QED) is 0.885. The lowest BCUT2D eigenvalue weighted by atomic mass is 10.0. The molecule has 8 heteroatoms. The first-order valence-electron chi connectivity index (χ1n) is 7.61. The second kappa shape index (κ2) is 5.53. The van der Waals surface area contributed by atoms with Crippen LogP contribution in [0.1, 0.15) is 18.5 Å². The molecule has 4 heterocycles. The van der Waals surface area contributed by atoms with Gasteiger partial charge < -0.3 is 4.74 Å². The van der Waals surface area contributed by atoms with E-state index in [0.717, 1.165) is 25.0 Å². The molecule has 0 aliphatic carbocycles. The van der Waals surface area contributed by atoms with Crippen LogP contribution < -0.4 is 4.90 Å². The number of amides is 1. The zero-order valence-electron chi connectivity index (χ0n) is 12.2. The fraction of sp³-hybridized carbons (Fsp3) is 0.571. The summed E-state index contributed by atoms with van der Waals surface area (Å²) in [5.74, 6) is 0.674. The van der Waals surface area contributed by atoms with Crippen LogP contribution in [0.2, 0.25) is 0 Å². The van der Waals surface area contributed by atoms with Crippen LogP contribution in [0.15, 0.2) is 18.5 Å². The van der Waals surface area contributed by atoms with Crippen molar-refractivity contribution in [3.8, 4) is 0 Å². The third-order valence-electron chi connectivity index (χ3n) is 4.30. The number of rotatable bonds is 3. The minimum Gasteiger partial charge on any atom is -0.375 e. The standard InChI is InChI=1S/C14H18N6O2/c21-14(20-6-1-3-12-13(20)17-18-16-12)10-7-11(22-9-10)8-19-5-2-4-15-19/h2,4-5,10-11H,1,3,6-9H2,(H,16,17,18). The summed E-state index contributed by atoms with van der Waals surface area (Å²) in [6.07, 6.45) is 6.22. The van der Waals surface area contributed by atoms with Gasteiger partial charge in [-0.1, -0.05) is 0 Å². The van der Waals surface area contributed by atoms with Gasteiger partial charge in [-0.3, -0.25) is 14.4 Å². The molecule has 4 rings (SSSR count). The lowest BCUT2D eigenvalue weighted by molar-refractivity contribution is -0.122. The average Bonchev–Trinajstić information content (AvgIpc) is 3.27. The Labute approximate surface area is 127 Å². The zero-order chi connectivity index (χ0) is 14.9. The Hall–Kier alpha value is -2.22. The molecule has 0 saturated carbocycles. The second-order valence-corrected chi connectivity index (χ2v) is 5.80. The van der Waals surface area contributed by atoms with Crippen LogP contribution in [0.5, 0.6) is 0 Å². The number of hydrogen-bond donors (Lipinski definition) is 1. The summed E-state index contributed by atoms with van der Waals surface area (Å²) in [6, 6.07) is 1.89. The van der Waals surface area contributed by atoms with Crippen molar-refractivity contribution in [3.63, 3.8) is 0 Å². The van der Waals surface area contributed by atoms with E-state index in [1.165, 1.54) is 0 Å². The predicted molar refractivity (Wildman–Crippen MR) is 77.1 cm³/mol. The summed E-state index contributed by atoms with van der Waals surface area (Å²) in [5, 5.41) is 15.0.